The average molecular weight is 288 g/mol. The largest absolute Gasteiger partial charge is 0.495 e. The number of carbonyl (C=O) groups excluding carboxylic acids is 1. The molecule has 0 radical (unpaired) electrons. The summed E-state index contributed by atoms with van der Waals surface area (Å²) in [5.74, 6) is 0.718. The Bertz CT molecular complexity index is 451. The molecule has 0 saturated heterocycles. The summed E-state index contributed by atoms with van der Waals surface area (Å²) in [6, 6.07) is 2.86. The molecule has 1 aromatic carbocycles. The number of ether oxygens (including phenoxy) is 3. The van der Waals surface area contributed by atoms with Crippen LogP contribution in [0.25, 0.3) is 0 Å². The fourth-order valence-electron chi connectivity index (χ4n) is 1.63. The highest BCUT2D eigenvalue weighted by atomic mass is 35.5. The molecular formula is C13H18ClNO4. The number of esters is 1. The normalized spacial score (nSPS) is 11.6. The molecule has 19 heavy (non-hydrogen) atoms. The number of carbonyl (C=O) groups is 1. The van der Waals surface area contributed by atoms with Gasteiger partial charge in [-0.3, -0.25) is 0 Å². The van der Waals surface area contributed by atoms with Gasteiger partial charge in [0, 0.05) is 6.07 Å². The van der Waals surface area contributed by atoms with Crippen LogP contribution in [-0.2, 0) is 9.53 Å². The molecule has 0 amide bonds. The van der Waals surface area contributed by atoms with Gasteiger partial charge < -0.3 is 19.5 Å². The lowest BCUT2D eigenvalue weighted by atomic mass is 10.2. The summed E-state index contributed by atoms with van der Waals surface area (Å²) in [6.45, 7) is 1.88. The van der Waals surface area contributed by atoms with E-state index < -0.39 is 6.04 Å². The first-order chi connectivity index (χ1) is 9.07. The summed E-state index contributed by atoms with van der Waals surface area (Å²) in [5, 5.41) is 3.49. The van der Waals surface area contributed by atoms with Gasteiger partial charge in [0.25, 0.3) is 0 Å². The van der Waals surface area contributed by atoms with E-state index in [1.807, 2.05) is 6.92 Å². The van der Waals surface area contributed by atoms with Gasteiger partial charge in [-0.2, -0.15) is 0 Å². The standard InChI is InChI=1S/C13H18ClNO4/c1-5-9(13(16)19-4)15-10-6-8(14)11(17-2)7-12(10)18-3/h6-7,9,15H,5H2,1-4H3. The lowest BCUT2D eigenvalue weighted by Gasteiger charge is -2.19. The highest BCUT2D eigenvalue weighted by Crippen LogP contribution is 2.36. The minimum atomic E-state index is -0.455. The third kappa shape index (κ3) is 3.67. The Morgan fingerprint density at radius 2 is 1.89 bits per heavy atom. The van der Waals surface area contributed by atoms with Crippen LogP contribution in [0.5, 0.6) is 11.5 Å². The molecule has 1 N–H and O–H groups in total. The fourth-order valence-corrected chi connectivity index (χ4v) is 1.87. The summed E-state index contributed by atoms with van der Waals surface area (Å²) in [6.07, 6.45) is 0.583. The quantitative estimate of drug-likeness (QED) is 0.815. The van der Waals surface area contributed by atoms with Crippen molar-refractivity contribution >= 4 is 23.3 Å². The van der Waals surface area contributed by atoms with Crippen molar-refractivity contribution in [2.24, 2.45) is 0 Å². The van der Waals surface area contributed by atoms with E-state index in [9.17, 15) is 4.79 Å². The first-order valence-corrected chi connectivity index (χ1v) is 6.21. The molecule has 0 bridgehead atoms. The average Bonchev–Trinajstić information content (AvgIpc) is 2.44. The van der Waals surface area contributed by atoms with Crippen molar-refractivity contribution in [3.05, 3.63) is 17.2 Å². The molecule has 0 aliphatic heterocycles. The zero-order chi connectivity index (χ0) is 14.4. The van der Waals surface area contributed by atoms with Crippen LogP contribution in [0.3, 0.4) is 0 Å². The van der Waals surface area contributed by atoms with Gasteiger partial charge in [0.05, 0.1) is 32.0 Å². The van der Waals surface area contributed by atoms with Crippen molar-refractivity contribution in [2.45, 2.75) is 19.4 Å². The lowest BCUT2D eigenvalue weighted by molar-refractivity contribution is -0.141. The maximum atomic E-state index is 11.6. The van der Waals surface area contributed by atoms with Gasteiger partial charge in [-0.25, -0.2) is 4.79 Å². The van der Waals surface area contributed by atoms with Gasteiger partial charge >= 0.3 is 5.97 Å². The van der Waals surface area contributed by atoms with Crippen molar-refractivity contribution in [1.82, 2.24) is 0 Å². The van der Waals surface area contributed by atoms with E-state index in [1.54, 1.807) is 12.1 Å². The van der Waals surface area contributed by atoms with Crippen LogP contribution in [-0.4, -0.2) is 33.3 Å². The first-order valence-electron chi connectivity index (χ1n) is 5.83. The Hall–Kier alpha value is -1.62. The van der Waals surface area contributed by atoms with Crippen molar-refractivity contribution in [1.29, 1.82) is 0 Å². The minimum absolute atomic E-state index is 0.337. The predicted molar refractivity (Wildman–Crippen MR) is 74.3 cm³/mol. The SMILES string of the molecule is CCC(Nc1cc(Cl)c(OC)cc1OC)C(=O)OC. The maximum absolute atomic E-state index is 11.6. The summed E-state index contributed by atoms with van der Waals surface area (Å²) < 4.78 is 15.1. The van der Waals surface area contributed by atoms with Gasteiger partial charge in [-0.1, -0.05) is 18.5 Å². The zero-order valence-corrected chi connectivity index (χ0v) is 12.2. The molecular weight excluding hydrogens is 270 g/mol. The van der Waals surface area contributed by atoms with Crippen LogP contribution in [0, 0.1) is 0 Å². The van der Waals surface area contributed by atoms with E-state index in [0.717, 1.165) is 0 Å². The van der Waals surface area contributed by atoms with Gasteiger partial charge in [0.15, 0.2) is 0 Å². The summed E-state index contributed by atoms with van der Waals surface area (Å²) in [4.78, 5) is 11.6. The van der Waals surface area contributed by atoms with Crippen LogP contribution in [0.4, 0.5) is 5.69 Å². The van der Waals surface area contributed by atoms with E-state index in [4.69, 9.17) is 25.8 Å². The molecule has 0 saturated carbocycles. The lowest BCUT2D eigenvalue weighted by Crippen LogP contribution is -2.30. The van der Waals surface area contributed by atoms with Gasteiger partial charge in [-0.15, -0.1) is 0 Å². The van der Waals surface area contributed by atoms with E-state index in [2.05, 4.69) is 5.32 Å². The molecule has 0 spiro atoms. The van der Waals surface area contributed by atoms with Crippen molar-refractivity contribution in [3.8, 4) is 11.5 Å². The summed E-state index contributed by atoms with van der Waals surface area (Å²) in [7, 11) is 4.41. The topological polar surface area (TPSA) is 56.8 Å². The first kappa shape index (κ1) is 15.4. The maximum Gasteiger partial charge on any atom is 0.328 e. The van der Waals surface area contributed by atoms with Crippen molar-refractivity contribution in [2.75, 3.05) is 26.6 Å². The number of hydrogen-bond donors (Lipinski definition) is 1. The van der Waals surface area contributed by atoms with Gasteiger partial charge in [0.2, 0.25) is 0 Å². The smallest absolute Gasteiger partial charge is 0.328 e. The number of methoxy groups -OCH3 is 3. The molecule has 6 heteroatoms. The molecule has 1 rings (SSSR count). The number of halogens is 1. The van der Waals surface area contributed by atoms with Gasteiger partial charge in [-0.05, 0) is 12.5 Å². The van der Waals surface area contributed by atoms with E-state index in [-0.39, 0.29) is 5.97 Å². The molecule has 0 aliphatic rings. The number of hydrogen-bond acceptors (Lipinski definition) is 5. The van der Waals surface area contributed by atoms with Crippen molar-refractivity contribution < 1.29 is 19.0 Å². The van der Waals surface area contributed by atoms with E-state index in [0.29, 0.717) is 28.6 Å². The molecule has 1 aromatic rings. The fraction of sp³-hybridized carbons (Fsp3) is 0.462. The van der Waals surface area contributed by atoms with Crippen LogP contribution in [0.2, 0.25) is 5.02 Å². The highest BCUT2D eigenvalue weighted by molar-refractivity contribution is 6.32. The molecule has 0 heterocycles. The Balaban J connectivity index is 3.05. The molecule has 1 unspecified atom stereocenters. The molecule has 0 fully saturated rings. The Kier molecular flexibility index (Phi) is 5.76. The van der Waals surface area contributed by atoms with Crippen LogP contribution >= 0.6 is 11.6 Å². The Morgan fingerprint density at radius 3 is 2.37 bits per heavy atom. The second-order valence-electron chi connectivity index (χ2n) is 3.82. The predicted octanol–water partition coefficient (Wildman–Crippen LogP) is 2.72. The van der Waals surface area contributed by atoms with Crippen LogP contribution < -0.4 is 14.8 Å². The van der Waals surface area contributed by atoms with Crippen molar-refractivity contribution in [3.63, 3.8) is 0 Å². The highest BCUT2D eigenvalue weighted by Gasteiger charge is 2.19. The van der Waals surface area contributed by atoms with Crippen LogP contribution in [0.15, 0.2) is 12.1 Å². The Morgan fingerprint density at radius 1 is 1.26 bits per heavy atom. The number of rotatable bonds is 6. The second kappa shape index (κ2) is 7.09. The summed E-state index contributed by atoms with van der Waals surface area (Å²) >= 11 is 6.06. The second-order valence-corrected chi connectivity index (χ2v) is 4.22. The zero-order valence-electron chi connectivity index (χ0n) is 11.5. The number of nitrogens with one attached hydrogen (secondary N) is 1. The number of benzene rings is 1. The van der Waals surface area contributed by atoms with E-state index >= 15 is 0 Å². The van der Waals surface area contributed by atoms with Gasteiger partial charge in [0.1, 0.15) is 17.5 Å². The third-order valence-corrected chi connectivity index (χ3v) is 2.99. The minimum Gasteiger partial charge on any atom is -0.495 e. The van der Waals surface area contributed by atoms with E-state index in [1.165, 1.54) is 21.3 Å². The summed E-state index contributed by atoms with van der Waals surface area (Å²) in [5.41, 5.74) is 0.616. The van der Waals surface area contributed by atoms with Crippen LogP contribution in [0.1, 0.15) is 13.3 Å². The Labute approximate surface area is 117 Å². The molecule has 0 aromatic heterocycles. The molecule has 5 nitrogen and oxygen atoms in total. The molecule has 0 aliphatic carbocycles. The number of anilines is 1. The molecule has 1 atom stereocenters. The third-order valence-electron chi connectivity index (χ3n) is 2.70. The molecule has 106 valence electrons. The monoisotopic (exact) mass is 287 g/mol.